The SMILES string of the molecule is Cc1c(C(N)Cc2cccnc2)cnn1C. The van der Waals surface area contributed by atoms with E-state index in [0.717, 1.165) is 23.2 Å². The van der Waals surface area contributed by atoms with Gasteiger partial charge >= 0.3 is 0 Å². The minimum absolute atomic E-state index is 0.0158. The van der Waals surface area contributed by atoms with Crippen LogP contribution in [0.4, 0.5) is 0 Å². The Morgan fingerprint density at radius 2 is 2.25 bits per heavy atom. The lowest BCUT2D eigenvalue weighted by atomic mass is 10.0. The van der Waals surface area contributed by atoms with Crippen LogP contribution in [0.15, 0.2) is 30.7 Å². The standard InChI is InChI=1S/C12H16N4/c1-9-11(8-15-16(9)2)12(13)6-10-4-3-5-14-7-10/h3-5,7-8,12H,6,13H2,1-2H3. The van der Waals surface area contributed by atoms with E-state index >= 15 is 0 Å². The highest BCUT2D eigenvalue weighted by atomic mass is 15.3. The van der Waals surface area contributed by atoms with E-state index in [1.807, 2.05) is 43.2 Å². The minimum atomic E-state index is -0.0158. The quantitative estimate of drug-likeness (QED) is 0.843. The lowest BCUT2D eigenvalue weighted by Crippen LogP contribution is -2.14. The average molecular weight is 216 g/mol. The number of hydrogen-bond donors (Lipinski definition) is 1. The van der Waals surface area contributed by atoms with Crippen LogP contribution >= 0.6 is 0 Å². The Morgan fingerprint density at radius 1 is 1.44 bits per heavy atom. The maximum atomic E-state index is 6.16. The second kappa shape index (κ2) is 4.45. The molecule has 2 aromatic rings. The van der Waals surface area contributed by atoms with E-state index in [1.165, 1.54) is 0 Å². The van der Waals surface area contributed by atoms with Crippen LogP contribution in [-0.4, -0.2) is 14.8 Å². The van der Waals surface area contributed by atoms with Gasteiger partial charge in [0.25, 0.3) is 0 Å². The van der Waals surface area contributed by atoms with Gasteiger partial charge in [-0.2, -0.15) is 5.10 Å². The van der Waals surface area contributed by atoms with Crippen molar-refractivity contribution < 1.29 is 0 Å². The summed E-state index contributed by atoms with van der Waals surface area (Å²) in [6.45, 7) is 2.03. The van der Waals surface area contributed by atoms with Crippen molar-refractivity contribution in [1.29, 1.82) is 0 Å². The van der Waals surface area contributed by atoms with Gasteiger partial charge in [0.05, 0.1) is 6.20 Å². The first-order valence-electron chi connectivity index (χ1n) is 5.31. The summed E-state index contributed by atoms with van der Waals surface area (Å²) in [5.74, 6) is 0. The van der Waals surface area contributed by atoms with E-state index in [1.54, 1.807) is 6.20 Å². The molecule has 0 bridgehead atoms. The van der Waals surface area contributed by atoms with E-state index in [0.29, 0.717) is 0 Å². The van der Waals surface area contributed by atoms with Gasteiger partial charge in [0.1, 0.15) is 0 Å². The van der Waals surface area contributed by atoms with Gasteiger partial charge < -0.3 is 5.73 Å². The summed E-state index contributed by atoms with van der Waals surface area (Å²) in [6, 6.07) is 3.95. The van der Waals surface area contributed by atoms with Gasteiger partial charge in [-0.25, -0.2) is 0 Å². The molecule has 84 valence electrons. The number of pyridine rings is 1. The van der Waals surface area contributed by atoms with Crippen molar-refractivity contribution in [3.8, 4) is 0 Å². The fourth-order valence-corrected chi connectivity index (χ4v) is 1.76. The fourth-order valence-electron chi connectivity index (χ4n) is 1.76. The van der Waals surface area contributed by atoms with Crippen LogP contribution in [0.2, 0.25) is 0 Å². The highest BCUT2D eigenvalue weighted by Crippen LogP contribution is 2.18. The Hall–Kier alpha value is -1.68. The summed E-state index contributed by atoms with van der Waals surface area (Å²) < 4.78 is 1.85. The lowest BCUT2D eigenvalue weighted by molar-refractivity contribution is 0.699. The zero-order valence-corrected chi connectivity index (χ0v) is 9.59. The molecule has 0 spiro atoms. The summed E-state index contributed by atoms with van der Waals surface area (Å²) in [5.41, 5.74) is 9.54. The Bertz CT molecular complexity index is 461. The Kier molecular flexibility index (Phi) is 3.01. The van der Waals surface area contributed by atoms with E-state index < -0.39 is 0 Å². The highest BCUT2D eigenvalue weighted by molar-refractivity contribution is 5.23. The lowest BCUT2D eigenvalue weighted by Gasteiger charge is -2.10. The van der Waals surface area contributed by atoms with Crippen molar-refractivity contribution in [3.63, 3.8) is 0 Å². The molecule has 0 aliphatic heterocycles. The molecule has 0 aliphatic carbocycles. The molecule has 2 aromatic heterocycles. The molecule has 2 N–H and O–H groups in total. The summed E-state index contributed by atoms with van der Waals surface area (Å²) in [7, 11) is 1.93. The van der Waals surface area contributed by atoms with E-state index in [-0.39, 0.29) is 6.04 Å². The third kappa shape index (κ3) is 2.12. The predicted molar refractivity (Wildman–Crippen MR) is 62.8 cm³/mol. The molecule has 0 fully saturated rings. The molecule has 0 amide bonds. The number of hydrogen-bond acceptors (Lipinski definition) is 3. The molecule has 1 atom stereocenters. The predicted octanol–water partition coefficient (Wildman–Crippen LogP) is 1.37. The topological polar surface area (TPSA) is 56.7 Å². The van der Waals surface area contributed by atoms with Crippen molar-refractivity contribution in [2.45, 2.75) is 19.4 Å². The van der Waals surface area contributed by atoms with Gasteiger partial charge in [-0.3, -0.25) is 9.67 Å². The largest absolute Gasteiger partial charge is 0.324 e. The summed E-state index contributed by atoms with van der Waals surface area (Å²) >= 11 is 0. The number of aryl methyl sites for hydroxylation is 1. The van der Waals surface area contributed by atoms with Crippen LogP contribution in [0.25, 0.3) is 0 Å². The molecule has 2 heterocycles. The molecule has 0 aliphatic rings. The Balaban J connectivity index is 2.15. The fraction of sp³-hybridized carbons (Fsp3) is 0.333. The molecule has 0 aromatic carbocycles. The zero-order valence-electron chi connectivity index (χ0n) is 9.59. The van der Waals surface area contributed by atoms with Gasteiger partial charge in [0, 0.05) is 36.7 Å². The van der Waals surface area contributed by atoms with Gasteiger partial charge in [-0.15, -0.1) is 0 Å². The molecular weight excluding hydrogens is 200 g/mol. The van der Waals surface area contributed by atoms with Crippen LogP contribution in [0.1, 0.15) is 22.9 Å². The van der Waals surface area contributed by atoms with Crippen molar-refractivity contribution in [3.05, 3.63) is 47.5 Å². The average Bonchev–Trinajstić information content (AvgIpc) is 2.61. The zero-order chi connectivity index (χ0) is 11.5. The highest BCUT2D eigenvalue weighted by Gasteiger charge is 2.12. The van der Waals surface area contributed by atoms with Gasteiger partial charge in [0.2, 0.25) is 0 Å². The Morgan fingerprint density at radius 3 is 2.81 bits per heavy atom. The summed E-state index contributed by atoms with van der Waals surface area (Å²) in [4.78, 5) is 4.08. The van der Waals surface area contributed by atoms with E-state index in [4.69, 9.17) is 5.73 Å². The monoisotopic (exact) mass is 216 g/mol. The normalized spacial score (nSPS) is 12.7. The summed E-state index contributed by atoms with van der Waals surface area (Å²) in [5, 5.41) is 4.20. The third-order valence-corrected chi connectivity index (χ3v) is 2.85. The van der Waals surface area contributed by atoms with Crippen molar-refractivity contribution in [2.75, 3.05) is 0 Å². The van der Waals surface area contributed by atoms with Crippen LogP contribution in [0.5, 0.6) is 0 Å². The van der Waals surface area contributed by atoms with Crippen molar-refractivity contribution in [2.24, 2.45) is 12.8 Å². The molecule has 1 unspecified atom stereocenters. The van der Waals surface area contributed by atoms with Crippen molar-refractivity contribution in [1.82, 2.24) is 14.8 Å². The molecule has 0 saturated heterocycles. The van der Waals surface area contributed by atoms with Gasteiger partial charge in [0.15, 0.2) is 0 Å². The maximum absolute atomic E-state index is 6.16. The van der Waals surface area contributed by atoms with E-state index in [9.17, 15) is 0 Å². The number of aromatic nitrogens is 3. The molecule has 4 heteroatoms. The molecule has 4 nitrogen and oxygen atoms in total. The summed E-state index contributed by atoms with van der Waals surface area (Å²) in [6.07, 6.45) is 6.26. The maximum Gasteiger partial charge on any atom is 0.0540 e. The number of nitrogens with two attached hydrogens (primary N) is 1. The molecule has 0 saturated carbocycles. The van der Waals surface area contributed by atoms with Crippen LogP contribution in [-0.2, 0) is 13.5 Å². The molecule has 0 radical (unpaired) electrons. The second-order valence-corrected chi connectivity index (χ2v) is 3.98. The second-order valence-electron chi connectivity index (χ2n) is 3.98. The van der Waals surface area contributed by atoms with Crippen LogP contribution in [0.3, 0.4) is 0 Å². The van der Waals surface area contributed by atoms with Crippen LogP contribution in [0, 0.1) is 6.92 Å². The Labute approximate surface area is 95.1 Å². The first-order chi connectivity index (χ1) is 7.68. The van der Waals surface area contributed by atoms with Crippen molar-refractivity contribution >= 4 is 0 Å². The first-order valence-corrected chi connectivity index (χ1v) is 5.31. The third-order valence-electron chi connectivity index (χ3n) is 2.85. The molecule has 2 rings (SSSR count). The molecular formula is C12H16N4. The van der Waals surface area contributed by atoms with Crippen LogP contribution < -0.4 is 5.73 Å². The minimum Gasteiger partial charge on any atom is -0.324 e. The number of rotatable bonds is 3. The molecule has 16 heavy (non-hydrogen) atoms. The smallest absolute Gasteiger partial charge is 0.0540 e. The van der Waals surface area contributed by atoms with Gasteiger partial charge in [-0.05, 0) is 25.0 Å². The number of nitrogens with zero attached hydrogens (tertiary/aromatic N) is 3. The first kappa shape index (κ1) is 10.8. The van der Waals surface area contributed by atoms with E-state index in [2.05, 4.69) is 10.1 Å². The van der Waals surface area contributed by atoms with Gasteiger partial charge in [-0.1, -0.05) is 6.07 Å².